The monoisotopic (exact) mass is 283 g/mol. The second-order valence-electron chi connectivity index (χ2n) is 6.71. The van der Waals surface area contributed by atoms with Crippen molar-refractivity contribution < 1.29 is 19.1 Å². The molecule has 2 atom stereocenters. The molecule has 0 aromatic carbocycles. The van der Waals surface area contributed by atoms with Gasteiger partial charge in [-0.15, -0.1) is 0 Å². The van der Waals surface area contributed by atoms with Crippen LogP contribution < -0.4 is 0 Å². The lowest BCUT2D eigenvalue weighted by Crippen LogP contribution is -2.46. The van der Waals surface area contributed by atoms with Gasteiger partial charge in [0.1, 0.15) is 11.4 Å². The minimum absolute atomic E-state index is 0.0978. The van der Waals surface area contributed by atoms with E-state index in [0.29, 0.717) is 19.5 Å². The number of nitrogens with zero attached hydrogens (tertiary/aromatic N) is 1. The van der Waals surface area contributed by atoms with Crippen LogP contribution in [0.3, 0.4) is 0 Å². The van der Waals surface area contributed by atoms with Crippen molar-refractivity contribution >= 4 is 11.9 Å². The molecule has 2 aliphatic rings. The van der Waals surface area contributed by atoms with Crippen LogP contribution in [0.4, 0.5) is 4.79 Å². The molecule has 0 aromatic heterocycles. The molecule has 5 nitrogen and oxygen atoms in total. The third-order valence-corrected chi connectivity index (χ3v) is 3.75. The summed E-state index contributed by atoms with van der Waals surface area (Å²) in [4.78, 5) is 25.7. The van der Waals surface area contributed by atoms with Gasteiger partial charge in [-0.25, -0.2) is 4.79 Å². The van der Waals surface area contributed by atoms with Crippen LogP contribution in [0.1, 0.15) is 46.5 Å². The minimum atomic E-state index is -0.497. The molecule has 1 amide bonds. The summed E-state index contributed by atoms with van der Waals surface area (Å²) in [7, 11) is 0. The van der Waals surface area contributed by atoms with Gasteiger partial charge >= 0.3 is 6.09 Å². The quantitative estimate of drug-likeness (QED) is 0.781. The molecule has 0 bridgehead atoms. The topological polar surface area (TPSA) is 55.8 Å². The molecule has 2 aliphatic heterocycles. The Balaban J connectivity index is 1.89. The van der Waals surface area contributed by atoms with E-state index in [0.717, 1.165) is 25.9 Å². The number of hydrogen-bond donors (Lipinski definition) is 0. The number of hydrogen-bond acceptors (Lipinski definition) is 4. The van der Waals surface area contributed by atoms with E-state index in [1.165, 1.54) is 0 Å². The van der Waals surface area contributed by atoms with Crippen LogP contribution in [0.15, 0.2) is 0 Å². The number of Topliss-reactive ketones (excluding diaryl/α,β-unsaturated/α-hetero) is 1. The Morgan fingerprint density at radius 3 is 2.80 bits per heavy atom. The predicted octanol–water partition coefficient (Wildman–Crippen LogP) is 2.38. The molecule has 0 aliphatic carbocycles. The molecule has 20 heavy (non-hydrogen) atoms. The number of ketones is 1. The Bertz CT molecular complexity index is 369. The van der Waals surface area contributed by atoms with E-state index in [-0.39, 0.29) is 23.9 Å². The van der Waals surface area contributed by atoms with Gasteiger partial charge in [-0.3, -0.25) is 4.79 Å². The zero-order chi connectivity index (χ0) is 14.8. The van der Waals surface area contributed by atoms with Gasteiger partial charge in [0.25, 0.3) is 0 Å². The van der Waals surface area contributed by atoms with Crippen LogP contribution in [0.2, 0.25) is 0 Å². The molecule has 0 radical (unpaired) electrons. The first kappa shape index (κ1) is 15.3. The molecule has 2 heterocycles. The first-order valence-corrected chi connectivity index (χ1v) is 7.47. The second-order valence-corrected chi connectivity index (χ2v) is 6.71. The van der Waals surface area contributed by atoms with Crippen molar-refractivity contribution in [3.8, 4) is 0 Å². The molecule has 0 N–H and O–H groups in total. The predicted molar refractivity (Wildman–Crippen MR) is 74.5 cm³/mol. The fraction of sp³-hybridized carbons (Fsp3) is 0.867. The largest absolute Gasteiger partial charge is 0.444 e. The van der Waals surface area contributed by atoms with Crippen molar-refractivity contribution in [3.63, 3.8) is 0 Å². The minimum Gasteiger partial charge on any atom is -0.444 e. The second kappa shape index (κ2) is 6.12. The Hall–Kier alpha value is -1.10. The van der Waals surface area contributed by atoms with Crippen molar-refractivity contribution in [2.45, 2.75) is 58.2 Å². The molecule has 0 saturated carbocycles. The van der Waals surface area contributed by atoms with Crippen molar-refractivity contribution in [1.29, 1.82) is 0 Å². The Morgan fingerprint density at radius 2 is 2.20 bits per heavy atom. The molecular weight excluding hydrogens is 258 g/mol. The Kier molecular flexibility index (Phi) is 4.68. The maximum atomic E-state index is 12.1. The van der Waals surface area contributed by atoms with Gasteiger partial charge in [-0.05, 0) is 40.0 Å². The summed E-state index contributed by atoms with van der Waals surface area (Å²) in [6, 6.07) is 0. The normalized spacial score (nSPS) is 27.8. The van der Waals surface area contributed by atoms with E-state index < -0.39 is 5.60 Å². The van der Waals surface area contributed by atoms with E-state index in [1.807, 2.05) is 20.8 Å². The van der Waals surface area contributed by atoms with Gasteiger partial charge < -0.3 is 14.4 Å². The smallest absolute Gasteiger partial charge is 0.410 e. The van der Waals surface area contributed by atoms with E-state index >= 15 is 0 Å². The van der Waals surface area contributed by atoms with Crippen molar-refractivity contribution in [2.75, 3.05) is 19.7 Å². The van der Waals surface area contributed by atoms with Gasteiger partial charge in [0, 0.05) is 32.0 Å². The number of rotatable bonds is 2. The van der Waals surface area contributed by atoms with E-state index in [2.05, 4.69) is 0 Å². The fourth-order valence-electron chi connectivity index (χ4n) is 2.75. The highest BCUT2D eigenvalue weighted by Gasteiger charge is 2.34. The van der Waals surface area contributed by atoms with Gasteiger partial charge in [-0.2, -0.15) is 0 Å². The molecule has 2 saturated heterocycles. The van der Waals surface area contributed by atoms with Crippen LogP contribution >= 0.6 is 0 Å². The van der Waals surface area contributed by atoms with Gasteiger partial charge in [0.2, 0.25) is 0 Å². The average molecular weight is 283 g/mol. The van der Waals surface area contributed by atoms with Crippen LogP contribution in [-0.4, -0.2) is 48.2 Å². The molecule has 0 aromatic rings. The van der Waals surface area contributed by atoms with Crippen LogP contribution in [0.25, 0.3) is 0 Å². The lowest BCUT2D eigenvalue weighted by atomic mass is 9.90. The molecule has 2 rings (SSSR count). The maximum absolute atomic E-state index is 12.1. The highest BCUT2D eigenvalue weighted by Crippen LogP contribution is 2.25. The van der Waals surface area contributed by atoms with Crippen molar-refractivity contribution in [3.05, 3.63) is 0 Å². The number of ether oxygens (including phenoxy) is 2. The standard InChI is InChI=1S/C15H25NO4/c1-15(2,3)20-14(18)16-7-6-13(17)11(10-16)9-12-5-4-8-19-12/h11-12H,4-10H2,1-3H3. The third kappa shape index (κ3) is 4.20. The Morgan fingerprint density at radius 1 is 1.45 bits per heavy atom. The van der Waals surface area contributed by atoms with Crippen LogP contribution in [0.5, 0.6) is 0 Å². The zero-order valence-electron chi connectivity index (χ0n) is 12.7. The van der Waals surface area contributed by atoms with Crippen LogP contribution in [0, 0.1) is 5.92 Å². The number of piperidine rings is 1. The molecular formula is C15H25NO4. The van der Waals surface area contributed by atoms with E-state index in [9.17, 15) is 9.59 Å². The lowest BCUT2D eigenvalue weighted by Gasteiger charge is -2.34. The van der Waals surface area contributed by atoms with Crippen molar-refractivity contribution in [1.82, 2.24) is 4.90 Å². The van der Waals surface area contributed by atoms with E-state index in [1.54, 1.807) is 4.90 Å². The number of amides is 1. The fourth-order valence-corrected chi connectivity index (χ4v) is 2.75. The molecule has 5 heteroatoms. The number of likely N-dealkylation sites (tertiary alicyclic amines) is 1. The summed E-state index contributed by atoms with van der Waals surface area (Å²) in [5, 5.41) is 0. The van der Waals surface area contributed by atoms with Gasteiger partial charge in [0.15, 0.2) is 0 Å². The number of carbonyl (C=O) groups excluding carboxylic acids is 2. The Labute approximate surface area is 120 Å². The van der Waals surface area contributed by atoms with Crippen molar-refractivity contribution in [2.24, 2.45) is 5.92 Å². The third-order valence-electron chi connectivity index (χ3n) is 3.75. The van der Waals surface area contributed by atoms with Crippen LogP contribution in [-0.2, 0) is 14.3 Å². The highest BCUT2D eigenvalue weighted by atomic mass is 16.6. The lowest BCUT2D eigenvalue weighted by molar-refractivity contribution is -0.127. The summed E-state index contributed by atoms with van der Waals surface area (Å²) in [6.45, 7) is 7.28. The molecule has 0 spiro atoms. The summed E-state index contributed by atoms with van der Waals surface area (Å²) in [5.74, 6) is 0.152. The molecule has 2 unspecified atom stereocenters. The molecule has 2 fully saturated rings. The van der Waals surface area contributed by atoms with Gasteiger partial charge in [0.05, 0.1) is 6.10 Å². The summed E-state index contributed by atoms with van der Waals surface area (Å²) >= 11 is 0. The summed E-state index contributed by atoms with van der Waals surface area (Å²) < 4.78 is 11.0. The first-order valence-electron chi connectivity index (χ1n) is 7.47. The zero-order valence-corrected chi connectivity index (χ0v) is 12.7. The van der Waals surface area contributed by atoms with E-state index in [4.69, 9.17) is 9.47 Å². The maximum Gasteiger partial charge on any atom is 0.410 e. The number of carbonyl (C=O) groups is 2. The van der Waals surface area contributed by atoms with Gasteiger partial charge in [-0.1, -0.05) is 0 Å². The average Bonchev–Trinajstić information content (AvgIpc) is 2.82. The SMILES string of the molecule is CC(C)(C)OC(=O)N1CCC(=O)C(CC2CCCO2)C1. The molecule has 114 valence electrons. The first-order chi connectivity index (χ1) is 9.35. The summed E-state index contributed by atoms with van der Waals surface area (Å²) in [6.07, 6.45) is 3.12. The summed E-state index contributed by atoms with van der Waals surface area (Å²) in [5.41, 5.74) is -0.497. The highest BCUT2D eigenvalue weighted by molar-refractivity contribution is 5.84.